The van der Waals surface area contributed by atoms with Crippen LogP contribution in [0.15, 0.2) is 23.1 Å². The highest BCUT2D eigenvalue weighted by Gasteiger charge is 2.22. The number of pyridine rings is 1. The molecule has 0 spiro atoms. The standard InChI is InChI=1S/C16H20N4O4S/c1-2-8-23-12-5-3-7-20(15(12)22)10-13(21)17-16-19-18-14(25-16)11-6-4-9-24-11/h3,5,7,11H,2,4,6,8-10H2,1H3,(H,17,19,21). The van der Waals surface area contributed by atoms with Crippen molar-refractivity contribution in [3.63, 3.8) is 0 Å². The highest BCUT2D eigenvalue weighted by molar-refractivity contribution is 7.15. The molecule has 1 saturated heterocycles. The maximum absolute atomic E-state index is 12.3. The molecule has 8 nitrogen and oxygen atoms in total. The number of amides is 1. The van der Waals surface area contributed by atoms with Gasteiger partial charge in [0, 0.05) is 12.8 Å². The van der Waals surface area contributed by atoms with Crippen LogP contribution in [-0.4, -0.2) is 33.9 Å². The second kappa shape index (κ2) is 8.21. The van der Waals surface area contributed by atoms with Gasteiger partial charge in [-0.3, -0.25) is 14.9 Å². The molecule has 25 heavy (non-hydrogen) atoms. The lowest BCUT2D eigenvalue weighted by atomic mass is 10.2. The maximum Gasteiger partial charge on any atom is 0.293 e. The first kappa shape index (κ1) is 17.6. The van der Waals surface area contributed by atoms with Gasteiger partial charge in [-0.05, 0) is 31.4 Å². The first-order valence-corrected chi connectivity index (χ1v) is 9.06. The SMILES string of the molecule is CCCOc1cccn(CC(=O)Nc2nnc(C3CCCO3)s2)c1=O. The zero-order valence-electron chi connectivity index (χ0n) is 13.9. The molecule has 0 aliphatic carbocycles. The van der Waals surface area contributed by atoms with Crippen LogP contribution in [0.4, 0.5) is 5.13 Å². The number of nitrogens with one attached hydrogen (secondary N) is 1. The van der Waals surface area contributed by atoms with Gasteiger partial charge in [-0.2, -0.15) is 0 Å². The zero-order chi connectivity index (χ0) is 17.6. The lowest BCUT2D eigenvalue weighted by molar-refractivity contribution is -0.116. The van der Waals surface area contributed by atoms with Gasteiger partial charge >= 0.3 is 0 Å². The summed E-state index contributed by atoms with van der Waals surface area (Å²) >= 11 is 1.30. The van der Waals surface area contributed by atoms with Crippen molar-refractivity contribution < 1.29 is 14.3 Å². The van der Waals surface area contributed by atoms with Crippen LogP contribution in [0, 0.1) is 0 Å². The summed E-state index contributed by atoms with van der Waals surface area (Å²) in [4.78, 5) is 24.4. The van der Waals surface area contributed by atoms with E-state index in [0.29, 0.717) is 11.7 Å². The molecule has 0 radical (unpaired) electrons. The Balaban J connectivity index is 1.62. The van der Waals surface area contributed by atoms with Crippen molar-refractivity contribution in [2.45, 2.75) is 38.8 Å². The Morgan fingerprint density at radius 1 is 1.52 bits per heavy atom. The van der Waals surface area contributed by atoms with Gasteiger partial charge in [-0.25, -0.2) is 0 Å². The number of hydrogen-bond acceptors (Lipinski definition) is 7. The number of nitrogens with zero attached hydrogens (tertiary/aromatic N) is 3. The van der Waals surface area contributed by atoms with Crippen LogP contribution in [0.3, 0.4) is 0 Å². The van der Waals surface area contributed by atoms with Gasteiger partial charge in [0.25, 0.3) is 5.56 Å². The zero-order valence-corrected chi connectivity index (χ0v) is 14.8. The summed E-state index contributed by atoms with van der Waals surface area (Å²) in [5.74, 6) is -0.0986. The smallest absolute Gasteiger partial charge is 0.293 e. The van der Waals surface area contributed by atoms with E-state index in [-0.39, 0.29) is 29.9 Å². The summed E-state index contributed by atoms with van der Waals surface area (Å²) < 4.78 is 12.2. The van der Waals surface area contributed by atoms with Gasteiger partial charge in [0.15, 0.2) is 5.75 Å². The van der Waals surface area contributed by atoms with E-state index in [9.17, 15) is 9.59 Å². The van der Waals surface area contributed by atoms with Crippen LogP contribution in [0.1, 0.15) is 37.3 Å². The number of rotatable bonds is 7. The van der Waals surface area contributed by atoms with Crippen LogP contribution in [0.25, 0.3) is 0 Å². The van der Waals surface area contributed by atoms with Crippen LogP contribution in [0.2, 0.25) is 0 Å². The molecule has 1 atom stereocenters. The van der Waals surface area contributed by atoms with Crippen molar-refractivity contribution in [1.82, 2.24) is 14.8 Å². The minimum Gasteiger partial charge on any atom is -0.488 e. The van der Waals surface area contributed by atoms with E-state index < -0.39 is 0 Å². The topological polar surface area (TPSA) is 95.3 Å². The average Bonchev–Trinajstić information content (AvgIpc) is 3.27. The number of ether oxygens (including phenoxy) is 2. The normalized spacial score (nSPS) is 16.8. The Hall–Kier alpha value is -2.26. The van der Waals surface area contributed by atoms with Crippen molar-refractivity contribution >= 4 is 22.4 Å². The fourth-order valence-electron chi connectivity index (χ4n) is 2.46. The van der Waals surface area contributed by atoms with Gasteiger partial charge in [0.1, 0.15) is 17.7 Å². The molecule has 0 saturated carbocycles. The number of anilines is 1. The summed E-state index contributed by atoms with van der Waals surface area (Å²) in [7, 11) is 0. The molecule has 9 heteroatoms. The molecular weight excluding hydrogens is 344 g/mol. The fourth-order valence-corrected chi connectivity index (χ4v) is 3.31. The molecule has 134 valence electrons. The van der Waals surface area contributed by atoms with Crippen LogP contribution in [0.5, 0.6) is 5.75 Å². The second-order valence-corrected chi connectivity index (χ2v) is 6.66. The summed E-state index contributed by atoms with van der Waals surface area (Å²) in [6, 6.07) is 3.28. The lowest BCUT2D eigenvalue weighted by Gasteiger charge is -2.08. The van der Waals surface area contributed by atoms with Crippen LogP contribution in [-0.2, 0) is 16.1 Å². The molecule has 1 unspecified atom stereocenters. The Kier molecular flexibility index (Phi) is 5.77. The Morgan fingerprint density at radius 3 is 3.16 bits per heavy atom. The van der Waals surface area contributed by atoms with Gasteiger partial charge < -0.3 is 14.0 Å². The van der Waals surface area contributed by atoms with Gasteiger partial charge in [0.2, 0.25) is 11.0 Å². The molecule has 3 rings (SSSR count). The summed E-state index contributed by atoms with van der Waals surface area (Å²) in [6.45, 7) is 3.03. The number of hydrogen-bond donors (Lipinski definition) is 1. The van der Waals surface area contributed by atoms with Crippen molar-refractivity contribution in [3.8, 4) is 5.75 Å². The van der Waals surface area contributed by atoms with Crippen molar-refractivity contribution in [1.29, 1.82) is 0 Å². The average molecular weight is 364 g/mol. The van der Waals surface area contributed by atoms with Crippen LogP contribution >= 0.6 is 11.3 Å². The molecule has 1 amide bonds. The quantitative estimate of drug-likeness (QED) is 0.807. The van der Waals surface area contributed by atoms with Gasteiger partial charge in [-0.15, -0.1) is 10.2 Å². The molecule has 2 aromatic rings. The monoisotopic (exact) mass is 364 g/mol. The second-order valence-electron chi connectivity index (χ2n) is 5.65. The molecule has 0 bridgehead atoms. The molecule has 0 aromatic carbocycles. The molecule has 2 aromatic heterocycles. The van der Waals surface area contributed by atoms with Gasteiger partial charge in [-0.1, -0.05) is 18.3 Å². The highest BCUT2D eigenvalue weighted by Crippen LogP contribution is 2.31. The summed E-state index contributed by atoms with van der Waals surface area (Å²) in [6.07, 6.45) is 4.25. The van der Waals surface area contributed by atoms with Crippen molar-refractivity contribution in [2.75, 3.05) is 18.5 Å². The van der Waals surface area contributed by atoms with E-state index in [0.717, 1.165) is 30.9 Å². The molecule has 1 N–H and O–H groups in total. The van der Waals surface area contributed by atoms with E-state index in [1.807, 2.05) is 6.92 Å². The Bertz CT molecular complexity index is 782. The molecule has 1 aliphatic heterocycles. The third-order valence-corrected chi connectivity index (χ3v) is 4.58. The largest absolute Gasteiger partial charge is 0.488 e. The third kappa shape index (κ3) is 4.43. The van der Waals surface area contributed by atoms with E-state index in [4.69, 9.17) is 9.47 Å². The summed E-state index contributed by atoms with van der Waals surface area (Å²) in [5, 5.41) is 11.9. The number of aromatic nitrogens is 3. The third-order valence-electron chi connectivity index (χ3n) is 3.65. The fraction of sp³-hybridized carbons (Fsp3) is 0.500. The van der Waals surface area contributed by atoms with E-state index >= 15 is 0 Å². The predicted molar refractivity (Wildman–Crippen MR) is 93.0 cm³/mol. The number of carbonyl (C=O) groups is 1. The first-order valence-electron chi connectivity index (χ1n) is 8.24. The molecular formula is C16H20N4O4S. The van der Waals surface area contributed by atoms with Gasteiger partial charge in [0.05, 0.1) is 6.61 Å². The van der Waals surface area contributed by atoms with E-state index in [1.54, 1.807) is 18.3 Å². The molecule has 1 fully saturated rings. The highest BCUT2D eigenvalue weighted by atomic mass is 32.1. The van der Waals surface area contributed by atoms with Crippen molar-refractivity contribution in [2.24, 2.45) is 0 Å². The molecule has 1 aliphatic rings. The Labute approximate surface area is 148 Å². The Morgan fingerprint density at radius 2 is 2.40 bits per heavy atom. The number of carbonyl (C=O) groups excluding carboxylic acids is 1. The molecule has 3 heterocycles. The minimum absolute atomic E-state index is 0.0295. The minimum atomic E-state index is -0.343. The van der Waals surface area contributed by atoms with Crippen LogP contribution < -0.4 is 15.6 Å². The maximum atomic E-state index is 12.3. The van der Waals surface area contributed by atoms with E-state index in [2.05, 4.69) is 15.5 Å². The van der Waals surface area contributed by atoms with Crippen molar-refractivity contribution in [3.05, 3.63) is 33.7 Å². The van der Waals surface area contributed by atoms with E-state index in [1.165, 1.54) is 15.9 Å². The summed E-state index contributed by atoms with van der Waals surface area (Å²) in [5.41, 5.74) is -0.330. The first-order chi connectivity index (χ1) is 12.2. The predicted octanol–water partition coefficient (Wildman–Crippen LogP) is 1.98. The lowest BCUT2D eigenvalue weighted by Crippen LogP contribution is -2.28.